The zero-order valence-electron chi connectivity index (χ0n) is 8.96. The van der Waals surface area contributed by atoms with Crippen LogP contribution in [0.15, 0.2) is 0 Å². The second-order valence-electron chi connectivity index (χ2n) is 2.43. The van der Waals surface area contributed by atoms with E-state index in [4.69, 9.17) is 18.0 Å². The summed E-state index contributed by atoms with van der Waals surface area (Å²) in [5, 5.41) is 0. The molecule has 0 fully saturated rings. The van der Waals surface area contributed by atoms with Crippen molar-refractivity contribution in [3.63, 3.8) is 0 Å². The fraction of sp³-hybridized carbons (Fsp3) is 0.833. The van der Waals surface area contributed by atoms with Crippen molar-refractivity contribution in [3.8, 4) is 0 Å². The second kappa shape index (κ2) is 6.95. The Labute approximate surface area is 87.7 Å². The smallest absolute Gasteiger partial charge is 0.450 e. The molecular weight excluding hydrogens is 222 g/mol. The molecule has 0 unspecified atom stereocenters. The lowest BCUT2D eigenvalue weighted by molar-refractivity contribution is 0.109. The first-order valence-corrected chi connectivity index (χ1v) is 7.07. The monoisotopic (exact) mass is 239 g/mol. The fourth-order valence-corrected chi connectivity index (χ4v) is 2.51. The number of hydrogen-bond acceptors (Lipinski definition) is 5. The average molecular weight is 239 g/mol. The van der Waals surface area contributed by atoms with Crippen molar-refractivity contribution < 1.29 is 22.8 Å². The average Bonchev–Trinajstić information content (AvgIpc) is 2.25. The van der Waals surface area contributed by atoms with Crippen LogP contribution in [0.25, 0.3) is 0 Å². The number of rotatable bonds is 6. The highest BCUT2D eigenvalue weighted by molar-refractivity contribution is 6.60. The molecular formula is C6H17NO5Si2. The number of nitrogens with one attached hydrogen (secondary N) is 1. The summed E-state index contributed by atoms with van der Waals surface area (Å²) in [5.74, 6) is 0. The summed E-state index contributed by atoms with van der Waals surface area (Å²) in [7, 11) is 2.54. The molecule has 0 saturated heterocycles. The molecule has 0 aromatic rings. The number of carbonyl (C=O) groups is 1. The molecule has 0 aliphatic rings. The minimum absolute atomic E-state index is 0.232. The predicted molar refractivity (Wildman–Crippen MR) is 56.0 cm³/mol. The van der Waals surface area contributed by atoms with Gasteiger partial charge in [-0.15, -0.1) is 0 Å². The zero-order valence-corrected chi connectivity index (χ0v) is 12.0. The standard InChI is InChI=1S/C6H17NO5Si2/c1-9-14(10-2,11-3)5-4-12-6(8)7-13/h4-5H2,1-3,13H3,(H,7,8). The van der Waals surface area contributed by atoms with Crippen molar-refractivity contribution in [2.75, 3.05) is 27.9 Å². The molecule has 0 heterocycles. The molecule has 0 spiro atoms. The van der Waals surface area contributed by atoms with Gasteiger partial charge in [-0.05, 0) is 0 Å². The van der Waals surface area contributed by atoms with Crippen LogP contribution in [0.1, 0.15) is 0 Å². The molecule has 84 valence electrons. The molecule has 0 aromatic carbocycles. The highest BCUT2D eigenvalue weighted by Crippen LogP contribution is 2.11. The molecule has 0 radical (unpaired) electrons. The molecule has 6 nitrogen and oxygen atoms in total. The predicted octanol–water partition coefficient (Wildman–Crippen LogP) is -1.13. The summed E-state index contributed by atoms with van der Waals surface area (Å²) >= 11 is 0. The number of amides is 1. The Hall–Kier alpha value is -0.416. The van der Waals surface area contributed by atoms with E-state index in [0.717, 1.165) is 0 Å². The van der Waals surface area contributed by atoms with Crippen LogP contribution in [-0.4, -0.2) is 53.2 Å². The summed E-state index contributed by atoms with van der Waals surface area (Å²) in [6, 6.07) is 0.450. The van der Waals surface area contributed by atoms with Gasteiger partial charge in [-0.25, -0.2) is 4.79 Å². The summed E-state index contributed by atoms with van der Waals surface area (Å²) < 4.78 is 20.3. The third-order valence-electron chi connectivity index (χ3n) is 1.78. The molecule has 0 aromatic heterocycles. The minimum atomic E-state index is -2.59. The van der Waals surface area contributed by atoms with Crippen molar-refractivity contribution in [2.24, 2.45) is 0 Å². The third kappa shape index (κ3) is 4.20. The van der Waals surface area contributed by atoms with Gasteiger partial charge in [-0.1, -0.05) is 0 Å². The first-order chi connectivity index (χ1) is 6.64. The molecule has 0 atom stereocenters. The van der Waals surface area contributed by atoms with E-state index in [1.54, 1.807) is 0 Å². The molecule has 8 heteroatoms. The lowest BCUT2D eigenvalue weighted by Gasteiger charge is -2.23. The van der Waals surface area contributed by atoms with Gasteiger partial charge in [0.2, 0.25) is 0 Å². The molecule has 0 aliphatic carbocycles. The van der Waals surface area contributed by atoms with Crippen LogP contribution in [0, 0.1) is 0 Å². The van der Waals surface area contributed by atoms with E-state index >= 15 is 0 Å². The first kappa shape index (κ1) is 13.6. The van der Waals surface area contributed by atoms with E-state index in [-0.39, 0.29) is 6.61 Å². The Morgan fingerprint density at radius 2 is 1.79 bits per heavy atom. The summed E-state index contributed by atoms with van der Waals surface area (Å²) in [5.41, 5.74) is 0. The number of carbonyl (C=O) groups excluding carboxylic acids is 1. The van der Waals surface area contributed by atoms with Crippen LogP contribution >= 0.6 is 0 Å². The van der Waals surface area contributed by atoms with Crippen molar-refractivity contribution in [3.05, 3.63) is 0 Å². The van der Waals surface area contributed by atoms with Crippen LogP contribution in [-0.2, 0) is 18.0 Å². The van der Waals surface area contributed by atoms with Crippen LogP contribution < -0.4 is 4.98 Å². The summed E-state index contributed by atoms with van der Waals surface area (Å²) in [6.07, 6.45) is -0.414. The maximum absolute atomic E-state index is 10.8. The Morgan fingerprint density at radius 3 is 2.14 bits per heavy atom. The van der Waals surface area contributed by atoms with Gasteiger partial charge in [-0.2, -0.15) is 0 Å². The quantitative estimate of drug-likeness (QED) is 0.594. The first-order valence-electron chi connectivity index (χ1n) is 4.14. The largest absolute Gasteiger partial charge is 0.503 e. The number of ether oxygens (including phenoxy) is 1. The van der Waals surface area contributed by atoms with Crippen molar-refractivity contribution in [1.29, 1.82) is 0 Å². The molecule has 0 bridgehead atoms. The maximum Gasteiger partial charge on any atom is 0.503 e. The van der Waals surface area contributed by atoms with E-state index in [1.165, 1.54) is 21.3 Å². The normalized spacial score (nSPS) is 11.4. The fourth-order valence-electron chi connectivity index (χ4n) is 0.897. The Kier molecular flexibility index (Phi) is 6.75. The maximum atomic E-state index is 10.8. The Balaban J connectivity index is 3.88. The van der Waals surface area contributed by atoms with Crippen molar-refractivity contribution in [2.45, 2.75) is 6.04 Å². The van der Waals surface area contributed by atoms with Crippen LogP contribution in [0.3, 0.4) is 0 Å². The molecule has 14 heavy (non-hydrogen) atoms. The Morgan fingerprint density at radius 1 is 1.29 bits per heavy atom. The highest BCUT2D eigenvalue weighted by atomic mass is 28.4. The zero-order chi connectivity index (χ0) is 11.0. The van der Waals surface area contributed by atoms with Gasteiger partial charge in [0, 0.05) is 21.3 Å². The van der Waals surface area contributed by atoms with Gasteiger partial charge < -0.3 is 23.0 Å². The van der Waals surface area contributed by atoms with E-state index in [9.17, 15) is 4.79 Å². The SMILES string of the molecule is CO[Si](CCOC(=O)N[SiH3])(OC)OC. The molecule has 1 amide bonds. The molecule has 0 saturated carbocycles. The third-order valence-corrected chi connectivity index (χ3v) is 4.87. The number of hydrogen-bond donors (Lipinski definition) is 1. The molecule has 0 rings (SSSR count). The highest BCUT2D eigenvalue weighted by Gasteiger charge is 2.37. The topological polar surface area (TPSA) is 66.0 Å². The van der Waals surface area contributed by atoms with Crippen LogP contribution in [0.5, 0.6) is 0 Å². The van der Waals surface area contributed by atoms with Crippen molar-refractivity contribution in [1.82, 2.24) is 4.98 Å². The van der Waals surface area contributed by atoms with Crippen LogP contribution in [0.4, 0.5) is 4.79 Å². The second-order valence-corrected chi connectivity index (χ2v) is 6.02. The van der Waals surface area contributed by atoms with Gasteiger partial charge in [0.25, 0.3) is 0 Å². The minimum Gasteiger partial charge on any atom is -0.450 e. The summed E-state index contributed by atoms with van der Waals surface area (Å²) in [6.45, 7) is 0.232. The van der Waals surface area contributed by atoms with E-state index in [2.05, 4.69) is 4.98 Å². The van der Waals surface area contributed by atoms with Crippen LogP contribution in [0.2, 0.25) is 6.04 Å². The lowest BCUT2D eigenvalue weighted by Crippen LogP contribution is -2.44. The Bertz CT molecular complexity index is 167. The lowest BCUT2D eigenvalue weighted by atomic mass is 10.8. The van der Waals surface area contributed by atoms with E-state index < -0.39 is 14.9 Å². The van der Waals surface area contributed by atoms with Gasteiger partial charge in [0.1, 0.15) is 10.4 Å². The van der Waals surface area contributed by atoms with Gasteiger partial charge in [-0.3, -0.25) is 0 Å². The molecule has 1 N–H and O–H groups in total. The molecule has 0 aliphatic heterocycles. The van der Waals surface area contributed by atoms with E-state index in [0.29, 0.717) is 16.4 Å². The van der Waals surface area contributed by atoms with Crippen molar-refractivity contribution >= 4 is 25.3 Å². The summed E-state index contributed by atoms with van der Waals surface area (Å²) in [4.78, 5) is 13.2. The van der Waals surface area contributed by atoms with E-state index in [1.807, 2.05) is 0 Å². The van der Waals surface area contributed by atoms with Gasteiger partial charge >= 0.3 is 14.9 Å². The van der Waals surface area contributed by atoms with Gasteiger partial charge in [0.15, 0.2) is 0 Å². The van der Waals surface area contributed by atoms with Gasteiger partial charge in [0.05, 0.1) is 12.7 Å².